The van der Waals surface area contributed by atoms with Gasteiger partial charge in [-0.3, -0.25) is 19.2 Å². The predicted molar refractivity (Wildman–Crippen MR) is 164 cm³/mol. The summed E-state index contributed by atoms with van der Waals surface area (Å²) in [5.74, 6) is -12.0. The third kappa shape index (κ3) is 10.6. The quantitative estimate of drug-likeness (QED) is 0.133. The first-order valence-electron chi connectivity index (χ1n) is 14.1. The zero-order chi connectivity index (χ0) is 34.9. The lowest BCUT2D eigenvalue weighted by Gasteiger charge is -2.28. The third-order valence-electron chi connectivity index (χ3n) is 6.70. The first-order chi connectivity index (χ1) is 22.0. The Kier molecular flexibility index (Phi) is 12.7. The number of hydrogen-bond acceptors (Lipinski definition) is 5. The third-order valence-corrected chi connectivity index (χ3v) is 7.44. The number of nitrogens with one attached hydrogen (secondary N) is 3. The van der Waals surface area contributed by atoms with E-state index in [1.807, 2.05) is 0 Å². The van der Waals surface area contributed by atoms with Crippen molar-refractivity contribution in [1.82, 2.24) is 16.0 Å². The summed E-state index contributed by atoms with van der Waals surface area (Å²) in [5, 5.41) is 6.12. The van der Waals surface area contributed by atoms with Crippen molar-refractivity contribution in [3.63, 3.8) is 0 Å². The molecule has 0 aromatic heterocycles. The molecular weight excluding hydrogens is 672 g/mol. The summed E-state index contributed by atoms with van der Waals surface area (Å²) < 4.78 is 73.0. The van der Waals surface area contributed by atoms with Gasteiger partial charge in [0.2, 0.25) is 17.6 Å². The standard InChI is InChI=1S/C32H30Cl2F5N3O5/c1-18(2)26(28(44)32(38,39)30(46)40-17-31(35,36)37)42-29(45)27(19-9-5-3-6-10-19)41-25(43)16-24(47-21-11-7-4-8-12-21)20-13-14-22(33)23(34)15-20/h3-15,18,24,26-27H,16-17H2,1-2H3,(H,40,46)(H,41,43)(H,42,45)/t24?,26-,27-/m0/s1. The maximum Gasteiger partial charge on any atom is 0.405 e. The number of amides is 3. The number of alkyl halides is 5. The van der Waals surface area contributed by atoms with Crippen molar-refractivity contribution in [1.29, 1.82) is 0 Å². The van der Waals surface area contributed by atoms with Gasteiger partial charge in [0.1, 0.15) is 24.4 Å². The zero-order valence-electron chi connectivity index (χ0n) is 24.9. The number of rotatable bonds is 14. The number of carbonyl (C=O) groups is 4. The van der Waals surface area contributed by atoms with Gasteiger partial charge in [-0.25, -0.2) is 0 Å². The normalized spacial score (nSPS) is 13.7. The van der Waals surface area contributed by atoms with Crippen LogP contribution < -0.4 is 20.7 Å². The SMILES string of the molecule is CC(C)[C@H](NC(=O)[C@@H](NC(=O)CC(Oc1ccccc1)c1ccc(Cl)c(Cl)c1)c1ccccc1)C(=O)C(F)(F)C(=O)NCC(F)(F)F. The number of hydrogen-bond donors (Lipinski definition) is 3. The van der Waals surface area contributed by atoms with E-state index in [1.165, 1.54) is 38.1 Å². The lowest BCUT2D eigenvalue weighted by atomic mass is 9.94. The number of halogens is 7. The van der Waals surface area contributed by atoms with E-state index >= 15 is 0 Å². The van der Waals surface area contributed by atoms with E-state index in [1.54, 1.807) is 54.6 Å². The number of ketones is 1. The molecule has 0 saturated heterocycles. The summed E-state index contributed by atoms with van der Waals surface area (Å²) >= 11 is 12.2. The molecule has 3 aromatic carbocycles. The monoisotopic (exact) mass is 701 g/mol. The first-order valence-corrected chi connectivity index (χ1v) is 14.8. The molecule has 0 radical (unpaired) electrons. The van der Waals surface area contributed by atoms with Gasteiger partial charge in [0.05, 0.1) is 22.5 Å². The maximum atomic E-state index is 14.7. The molecular formula is C32H30Cl2F5N3O5. The summed E-state index contributed by atoms with van der Waals surface area (Å²) in [5.41, 5.74) is 0.675. The van der Waals surface area contributed by atoms with E-state index in [0.717, 1.165) is 5.32 Å². The van der Waals surface area contributed by atoms with Crippen LogP contribution in [0.1, 0.15) is 43.5 Å². The van der Waals surface area contributed by atoms with E-state index in [4.69, 9.17) is 27.9 Å². The Morgan fingerprint density at radius 1 is 0.787 bits per heavy atom. The average molecular weight is 703 g/mol. The molecule has 0 bridgehead atoms. The van der Waals surface area contributed by atoms with Crippen LogP contribution in [0.3, 0.4) is 0 Å². The molecule has 0 aliphatic carbocycles. The fourth-order valence-electron chi connectivity index (χ4n) is 4.31. The van der Waals surface area contributed by atoms with Crippen molar-refractivity contribution in [2.75, 3.05) is 6.54 Å². The number of ether oxygens (including phenoxy) is 1. The van der Waals surface area contributed by atoms with Gasteiger partial charge in [-0.05, 0) is 41.3 Å². The van der Waals surface area contributed by atoms with Crippen LogP contribution in [-0.4, -0.2) is 48.2 Å². The lowest BCUT2D eigenvalue weighted by molar-refractivity contribution is -0.165. The van der Waals surface area contributed by atoms with Crippen molar-refractivity contribution in [3.05, 3.63) is 100 Å². The van der Waals surface area contributed by atoms with Crippen LogP contribution >= 0.6 is 23.2 Å². The summed E-state index contributed by atoms with van der Waals surface area (Å²) in [6.45, 7) is 0.476. The van der Waals surface area contributed by atoms with Crippen LogP contribution in [0.15, 0.2) is 78.9 Å². The number of benzene rings is 3. The Bertz CT molecular complexity index is 1560. The van der Waals surface area contributed by atoms with E-state index in [-0.39, 0.29) is 22.0 Å². The van der Waals surface area contributed by atoms with Gasteiger partial charge in [0.25, 0.3) is 5.91 Å². The van der Waals surface area contributed by atoms with E-state index in [2.05, 4.69) is 10.6 Å². The maximum absolute atomic E-state index is 14.7. The fraction of sp³-hybridized carbons (Fsp3) is 0.312. The Morgan fingerprint density at radius 3 is 1.94 bits per heavy atom. The molecule has 3 rings (SSSR count). The Labute approximate surface area is 276 Å². The van der Waals surface area contributed by atoms with Crippen molar-refractivity contribution in [3.8, 4) is 5.75 Å². The minimum atomic E-state index is -5.01. The van der Waals surface area contributed by atoms with Gasteiger partial charge in [-0.15, -0.1) is 0 Å². The van der Waals surface area contributed by atoms with Crippen LogP contribution in [0.25, 0.3) is 0 Å². The molecule has 15 heteroatoms. The molecule has 1 unspecified atom stereocenters. The van der Waals surface area contributed by atoms with Crippen LogP contribution in [0.5, 0.6) is 5.75 Å². The molecule has 252 valence electrons. The van der Waals surface area contributed by atoms with Crippen molar-refractivity contribution in [2.45, 2.75) is 50.6 Å². The highest BCUT2D eigenvalue weighted by molar-refractivity contribution is 6.42. The van der Waals surface area contributed by atoms with Crippen molar-refractivity contribution in [2.24, 2.45) is 5.92 Å². The molecule has 3 N–H and O–H groups in total. The van der Waals surface area contributed by atoms with Crippen LogP contribution in [0.4, 0.5) is 22.0 Å². The highest BCUT2D eigenvalue weighted by Crippen LogP contribution is 2.31. The second kappa shape index (κ2) is 16.1. The Morgan fingerprint density at radius 2 is 1.38 bits per heavy atom. The molecule has 0 aliphatic heterocycles. The molecule has 47 heavy (non-hydrogen) atoms. The van der Waals surface area contributed by atoms with Gasteiger partial charge >= 0.3 is 12.1 Å². The molecule has 0 fully saturated rings. The van der Waals surface area contributed by atoms with Crippen LogP contribution in [0.2, 0.25) is 10.0 Å². The zero-order valence-corrected chi connectivity index (χ0v) is 26.4. The topological polar surface area (TPSA) is 114 Å². The molecule has 0 saturated carbocycles. The summed E-state index contributed by atoms with van der Waals surface area (Å²) in [4.78, 5) is 51.7. The van der Waals surface area contributed by atoms with E-state index < -0.39 is 66.3 Å². The molecule has 3 aromatic rings. The molecule has 3 atom stereocenters. The van der Waals surface area contributed by atoms with Gasteiger partial charge < -0.3 is 20.7 Å². The van der Waals surface area contributed by atoms with Gasteiger partial charge in [-0.1, -0.05) is 91.6 Å². The Balaban J connectivity index is 1.86. The first kappa shape index (κ1) is 37.2. The second-order valence-electron chi connectivity index (χ2n) is 10.7. The summed E-state index contributed by atoms with van der Waals surface area (Å²) in [6, 6.07) is 17.2. The highest BCUT2D eigenvalue weighted by Gasteiger charge is 2.52. The van der Waals surface area contributed by atoms with Gasteiger partial charge in [0, 0.05) is 0 Å². The highest BCUT2D eigenvalue weighted by atomic mass is 35.5. The molecule has 0 spiro atoms. The number of Topliss-reactive ketones (excluding diaryl/α,β-unsaturated/α-hetero) is 1. The van der Waals surface area contributed by atoms with E-state index in [9.17, 15) is 41.1 Å². The molecule has 0 aliphatic rings. The molecule has 3 amide bonds. The average Bonchev–Trinajstić information content (AvgIpc) is 3.02. The minimum Gasteiger partial charge on any atom is -0.485 e. The van der Waals surface area contributed by atoms with Crippen LogP contribution in [0, 0.1) is 5.92 Å². The molecule has 8 nitrogen and oxygen atoms in total. The summed E-state index contributed by atoms with van der Waals surface area (Å²) in [6.07, 6.45) is -6.31. The lowest BCUT2D eigenvalue weighted by Crippen LogP contribution is -2.58. The number of carbonyl (C=O) groups excluding carboxylic acids is 4. The second-order valence-corrected chi connectivity index (χ2v) is 11.5. The van der Waals surface area contributed by atoms with Crippen LogP contribution in [-0.2, 0) is 19.2 Å². The predicted octanol–water partition coefficient (Wildman–Crippen LogP) is 6.38. The largest absolute Gasteiger partial charge is 0.485 e. The van der Waals surface area contributed by atoms with E-state index in [0.29, 0.717) is 11.3 Å². The number of para-hydroxylation sites is 1. The van der Waals surface area contributed by atoms with Crippen molar-refractivity contribution < 1.29 is 45.9 Å². The molecule has 0 heterocycles. The van der Waals surface area contributed by atoms with Crippen molar-refractivity contribution >= 4 is 46.7 Å². The van der Waals surface area contributed by atoms with Gasteiger partial charge in [-0.2, -0.15) is 22.0 Å². The smallest absolute Gasteiger partial charge is 0.405 e. The Hall–Kier alpha value is -4.23. The fourth-order valence-corrected chi connectivity index (χ4v) is 4.61. The van der Waals surface area contributed by atoms with Gasteiger partial charge in [0.15, 0.2) is 0 Å². The minimum absolute atomic E-state index is 0.195. The summed E-state index contributed by atoms with van der Waals surface area (Å²) in [7, 11) is 0.